The maximum absolute atomic E-state index is 12.7. The Morgan fingerprint density at radius 3 is 2.39 bits per heavy atom. The summed E-state index contributed by atoms with van der Waals surface area (Å²) >= 11 is 12.3. The number of amides is 1. The lowest BCUT2D eigenvalue weighted by Crippen LogP contribution is -2.39. The number of nitrogens with one attached hydrogen (secondary N) is 1. The molecule has 186 valence electrons. The fraction of sp³-hybridized carbons (Fsp3) is 0.154. The first-order valence-corrected chi connectivity index (χ1v) is 13.6. The van der Waals surface area contributed by atoms with E-state index in [2.05, 4.69) is 10.5 Å². The summed E-state index contributed by atoms with van der Waals surface area (Å²) in [6.07, 6.45) is 2.59. The van der Waals surface area contributed by atoms with Crippen LogP contribution in [0.1, 0.15) is 17.0 Å². The van der Waals surface area contributed by atoms with Crippen molar-refractivity contribution >= 4 is 61.8 Å². The molecule has 0 aliphatic rings. The molecular formula is C26H24Cl2N4O3S. The van der Waals surface area contributed by atoms with Crippen molar-refractivity contribution in [3.05, 3.63) is 93.7 Å². The minimum absolute atomic E-state index is 0.412. The first kappa shape index (κ1) is 25.8. The molecule has 0 bridgehead atoms. The van der Waals surface area contributed by atoms with Gasteiger partial charge in [-0.05, 0) is 49.6 Å². The van der Waals surface area contributed by atoms with Gasteiger partial charge < -0.3 is 4.57 Å². The zero-order valence-electron chi connectivity index (χ0n) is 19.9. The largest absolute Gasteiger partial charge is 0.318 e. The van der Waals surface area contributed by atoms with Crippen LogP contribution in [0.5, 0.6) is 0 Å². The second-order valence-electron chi connectivity index (χ2n) is 8.35. The van der Waals surface area contributed by atoms with E-state index in [1.165, 1.54) is 6.21 Å². The van der Waals surface area contributed by atoms with Gasteiger partial charge in [0.25, 0.3) is 5.91 Å². The zero-order chi connectivity index (χ0) is 26.0. The van der Waals surface area contributed by atoms with Crippen molar-refractivity contribution in [2.45, 2.75) is 13.8 Å². The van der Waals surface area contributed by atoms with E-state index in [1.54, 1.807) is 18.2 Å². The Hall–Kier alpha value is -3.33. The van der Waals surface area contributed by atoms with E-state index in [4.69, 9.17) is 23.2 Å². The lowest BCUT2D eigenvalue weighted by molar-refractivity contribution is -0.119. The average Bonchev–Trinajstić information content (AvgIpc) is 3.08. The number of carbonyl (C=O) groups excluding carboxylic acids is 1. The Balaban J connectivity index is 1.54. The number of fused-ring (bicyclic) bond motifs is 1. The second-order valence-corrected chi connectivity index (χ2v) is 11.1. The average molecular weight is 543 g/mol. The smallest absolute Gasteiger partial charge is 0.260 e. The van der Waals surface area contributed by atoms with Gasteiger partial charge in [-0.15, -0.1) is 0 Å². The third-order valence-corrected chi connectivity index (χ3v) is 7.25. The van der Waals surface area contributed by atoms with Crippen molar-refractivity contribution in [1.29, 1.82) is 0 Å². The Kier molecular flexibility index (Phi) is 7.40. The predicted octanol–water partition coefficient (Wildman–Crippen LogP) is 5.47. The molecule has 0 unspecified atom stereocenters. The van der Waals surface area contributed by atoms with E-state index in [9.17, 15) is 13.2 Å². The molecule has 3 aromatic carbocycles. The quantitative estimate of drug-likeness (QED) is 0.248. The number of benzene rings is 3. The van der Waals surface area contributed by atoms with Crippen LogP contribution in [0.4, 0.5) is 5.69 Å². The van der Waals surface area contributed by atoms with Crippen LogP contribution in [0.25, 0.3) is 16.5 Å². The number of nitrogens with zero attached hydrogens (tertiary/aromatic N) is 3. The van der Waals surface area contributed by atoms with Crippen LogP contribution in [0, 0.1) is 13.8 Å². The van der Waals surface area contributed by atoms with Crippen LogP contribution in [0.15, 0.2) is 71.8 Å². The number of carbonyl (C=O) groups is 1. The summed E-state index contributed by atoms with van der Waals surface area (Å²) in [6, 6.07) is 19.9. The first-order valence-electron chi connectivity index (χ1n) is 11.0. The predicted molar refractivity (Wildman–Crippen MR) is 147 cm³/mol. The molecule has 1 aromatic heterocycles. The van der Waals surface area contributed by atoms with Gasteiger partial charge >= 0.3 is 0 Å². The number of halogens is 2. The highest BCUT2D eigenvalue weighted by Crippen LogP contribution is 2.28. The standard InChI is InChI=1S/C26H24Cl2N4O3S/c1-17-11-20(18(2)32(17)23-13-21(27)12-22(28)14-23)15-29-30-26(33)16-31(36(3,34)35)25-10-6-8-19-7-4-5-9-24(19)25/h4-15H,16H2,1-3H3,(H,30,33)/b29-15-. The highest BCUT2D eigenvalue weighted by Gasteiger charge is 2.22. The summed E-state index contributed by atoms with van der Waals surface area (Å²) in [7, 11) is -3.73. The molecule has 0 aliphatic heterocycles. The highest BCUT2D eigenvalue weighted by molar-refractivity contribution is 7.92. The molecule has 0 saturated carbocycles. The van der Waals surface area contributed by atoms with Gasteiger partial charge in [-0.1, -0.05) is 59.6 Å². The summed E-state index contributed by atoms with van der Waals surface area (Å²) in [6.45, 7) is 3.44. The molecule has 0 fully saturated rings. The van der Waals surface area contributed by atoms with Crippen molar-refractivity contribution in [2.75, 3.05) is 17.1 Å². The number of rotatable bonds is 7. The number of hydrogen-bond acceptors (Lipinski definition) is 4. The molecule has 0 atom stereocenters. The van der Waals surface area contributed by atoms with Crippen LogP contribution >= 0.6 is 23.2 Å². The SMILES string of the molecule is Cc1cc(/C=N\NC(=O)CN(c2cccc3ccccc23)S(C)(=O)=O)c(C)n1-c1cc(Cl)cc(Cl)c1. The number of hydrogen-bond donors (Lipinski definition) is 1. The number of hydrazone groups is 1. The number of anilines is 1. The van der Waals surface area contributed by atoms with Crippen molar-refractivity contribution in [3.63, 3.8) is 0 Å². The highest BCUT2D eigenvalue weighted by atomic mass is 35.5. The van der Waals surface area contributed by atoms with Gasteiger partial charge in [-0.2, -0.15) is 5.10 Å². The van der Waals surface area contributed by atoms with Crippen molar-refractivity contribution in [2.24, 2.45) is 5.10 Å². The molecule has 4 rings (SSSR count). The van der Waals surface area contributed by atoms with Gasteiger partial charge in [-0.3, -0.25) is 9.10 Å². The zero-order valence-corrected chi connectivity index (χ0v) is 22.2. The van der Waals surface area contributed by atoms with Gasteiger partial charge in [0, 0.05) is 38.1 Å². The Bertz CT molecular complexity index is 1570. The van der Waals surface area contributed by atoms with Crippen LogP contribution < -0.4 is 9.73 Å². The molecule has 0 radical (unpaired) electrons. The first-order chi connectivity index (χ1) is 17.0. The van der Waals surface area contributed by atoms with E-state index in [-0.39, 0.29) is 0 Å². The molecule has 0 saturated heterocycles. The Morgan fingerprint density at radius 1 is 1.03 bits per heavy atom. The molecule has 1 amide bonds. The van der Waals surface area contributed by atoms with E-state index < -0.39 is 22.5 Å². The minimum atomic E-state index is -3.73. The Morgan fingerprint density at radius 2 is 1.69 bits per heavy atom. The van der Waals surface area contributed by atoms with Crippen LogP contribution in [-0.2, 0) is 14.8 Å². The summed E-state index contributed by atoms with van der Waals surface area (Å²) < 4.78 is 28.2. The molecule has 4 aromatic rings. The van der Waals surface area contributed by atoms with Gasteiger partial charge in [-0.25, -0.2) is 13.8 Å². The fourth-order valence-corrected chi connectivity index (χ4v) is 5.51. The maximum Gasteiger partial charge on any atom is 0.260 e. The van der Waals surface area contributed by atoms with Crippen LogP contribution in [0.2, 0.25) is 10.0 Å². The van der Waals surface area contributed by atoms with Crippen LogP contribution in [0.3, 0.4) is 0 Å². The van der Waals surface area contributed by atoms with E-state index in [0.29, 0.717) is 15.7 Å². The molecule has 10 heteroatoms. The summed E-state index contributed by atoms with van der Waals surface area (Å²) in [5.74, 6) is -0.569. The topological polar surface area (TPSA) is 83.8 Å². The third kappa shape index (κ3) is 5.56. The third-order valence-electron chi connectivity index (χ3n) is 5.69. The summed E-state index contributed by atoms with van der Waals surface area (Å²) in [5.41, 5.74) is 6.25. The lowest BCUT2D eigenvalue weighted by Gasteiger charge is -2.23. The number of sulfonamides is 1. The molecule has 0 spiro atoms. The van der Waals surface area contributed by atoms with Crippen molar-refractivity contribution in [1.82, 2.24) is 9.99 Å². The summed E-state index contributed by atoms with van der Waals surface area (Å²) in [4.78, 5) is 12.7. The molecule has 7 nitrogen and oxygen atoms in total. The van der Waals surface area contributed by atoms with Gasteiger partial charge in [0.2, 0.25) is 10.0 Å². The number of aryl methyl sites for hydroxylation is 1. The molecular weight excluding hydrogens is 519 g/mol. The van der Waals surface area contributed by atoms with Crippen LogP contribution in [-0.4, -0.2) is 37.9 Å². The van der Waals surface area contributed by atoms with E-state index in [0.717, 1.165) is 44.0 Å². The van der Waals surface area contributed by atoms with E-state index >= 15 is 0 Å². The van der Waals surface area contributed by atoms with E-state index in [1.807, 2.05) is 66.9 Å². The van der Waals surface area contributed by atoms with Gasteiger partial charge in [0.15, 0.2) is 0 Å². The molecule has 1 N–H and O–H groups in total. The van der Waals surface area contributed by atoms with Gasteiger partial charge in [0.05, 0.1) is 18.2 Å². The molecule has 0 aliphatic carbocycles. The van der Waals surface area contributed by atoms with Gasteiger partial charge in [0.1, 0.15) is 6.54 Å². The maximum atomic E-state index is 12.7. The molecule has 1 heterocycles. The normalized spacial score (nSPS) is 11.8. The summed E-state index contributed by atoms with van der Waals surface area (Å²) in [5, 5.41) is 6.72. The van der Waals surface area contributed by atoms with Crippen molar-refractivity contribution < 1.29 is 13.2 Å². The monoisotopic (exact) mass is 542 g/mol. The fourth-order valence-electron chi connectivity index (χ4n) is 4.13. The van der Waals surface area contributed by atoms with Crippen molar-refractivity contribution in [3.8, 4) is 5.69 Å². The second kappa shape index (κ2) is 10.3. The minimum Gasteiger partial charge on any atom is -0.318 e. The Labute approximate surface area is 220 Å². The number of aromatic nitrogens is 1. The molecule has 36 heavy (non-hydrogen) atoms. The lowest BCUT2D eigenvalue weighted by atomic mass is 10.1.